The van der Waals surface area contributed by atoms with Crippen LogP contribution in [0.2, 0.25) is 0 Å². The lowest BCUT2D eigenvalue weighted by Gasteiger charge is -2.34. The zero-order chi connectivity index (χ0) is 25.2. The van der Waals surface area contributed by atoms with E-state index < -0.39 is 21.8 Å². The Balaban J connectivity index is 1.68. The van der Waals surface area contributed by atoms with Gasteiger partial charge in [0.1, 0.15) is 18.0 Å². The summed E-state index contributed by atoms with van der Waals surface area (Å²) in [6.07, 6.45) is 5.30. The normalized spacial score (nSPS) is 17.4. The Kier molecular flexibility index (Phi) is 7.32. The minimum atomic E-state index is -4.24. The SMILES string of the molecule is CCN(CC)CC=Cc1cc(F)ccc1S(=O)(=O)Nc1ccc2c(c1C(=O)O)OCC1CCCN21. The molecule has 10 heteroatoms. The topological polar surface area (TPSA) is 99.2 Å². The third-order valence-electron chi connectivity index (χ3n) is 6.52. The van der Waals surface area contributed by atoms with Gasteiger partial charge in [-0.2, -0.15) is 0 Å². The second kappa shape index (κ2) is 10.2. The summed E-state index contributed by atoms with van der Waals surface area (Å²) in [7, 11) is -4.24. The summed E-state index contributed by atoms with van der Waals surface area (Å²) >= 11 is 0. The molecule has 1 atom stereocenters. The third-order valence-corrected chi connectivity index (χ3v) is 7.96. The van der Waals surface area contributed by atoms with Gasteiger partial charge in [0.05, 0.1) is 22.3 Å². The van der Waals surface area contributed by atoms with Gasteiger partial charge in [-0.05, 0) is 61.8 Å². The standard InChI is InChI=1S/C25H30FN3O5S/c1-3-28(4-2)13-5-7-17-15-18(26)9-12-22(17)35(32,33)27-20-10-11-21-24(23(20)25(30)31)34-16-19-8-6-14-29(19)21/h5,7,9-12,15,19,27H,3-4,6,8,13-14,16H2,1-2H3,(H,30,31). The molecule has 35 heavy (non-hydrogen) atoms. The van der Waals surface area contributed by atoms with Gasteiger partial charge < -0.3 is 19.6 Å². The largest absolute Gasteiger partial charge is 0.488 e. The maximum Gasteiger partial charge on any atom is 0.341 e. The summed E-state index contributed by atoms with van der Waals surface area (Å²) < 4.78 is 48.9. The fourth-order valence-electron chi connectivity index (χ4n) is 4.65. The van der Waals surface area contributed by atoms with Crippen LogP contribution in [0, 0.1) is 5.82 Å². The number of hydrogen-bond donors (Lipinski definition) is 2. The highest BCUT2D eigenvalue weighted by Gasteiger charge is 2.35. The van der Waals surface area contributed by atoms with E-state index in [4.69, 9.17) is 4.74 Å². The highest BCUT2D eigenvalue weighted by Crippen LogP contribution is 2.43. The van der Waals surface area contributed by atoms with Gasteiger partial charge in [-0.15, -0.1) is 0 Å². The number of anilines is 2. The van der Waals surface area contributed by atoms with Crippen LogP contribution in [-0.2, 0) is 10.0 Å². The fraction of sp³-hybridized carbons (Fsp3) is 0.400. The van der Waals surface area contributed by atoms with Crippen molar-refractivity contribution in [1.29, 1.82) is 0 Å². The summed E-state index contributed by atoms with van der Waals surface area (Å²) in [6, 6.07) is 6.72. The van der Waals surface area contributed by atoms with E-state index in [0.29, 0.717) is 18.8 Å². The lowest BCUT2D eigenvalue weighted by molar-refractivity contribution is 0.0692. The molecule has 0 radical (unpaired) electrons. The van der Waals surface area contributed by atoms with Crippen LogP contribution in [0.25, 0.3) is 6.08 Å². The van der Waals surface area contributed by atoms with Gasteiger partial charge in [0.25, 0.3) is 10.0 Å². The van der Waals surface area contributed by atoms with Crippen LogP contribution in [0.3, 0.4) is 0 Å². The second-order valence-corrected chi connectivity index (χ2v) is 10.3. The van der Waals surface area contributed by atoms with E-state index in [1.54, 1.807) is 18.2 Å². The molecule has 1 saturated heterocycles. The molecule has 8 nitrogen and oxygen atoms in total. The predicted molar refractivity (Wildman–Crippen MR) is 133 cm³/mol. The van der Waals surface area contributed by atoms with Crippen molar-refractivity contribution in [2.45, 2.75) is 37.6 Å². The molecule has 2 aliphatic heterocycles. The molecule has 2 aliphatic rings. The molecule has 2 heterocycles. The van der Waals surface area contributed by atoms with E-state index in [1.165, 1.54) is 12.1 Å². The number of nitrogens with one attached hydrogen (secondary N) is 1. The van der Waals surface area contributed by atoms with Crippen molar-refractivity contribution in [2.75, 3.05) is 42.4 Å². The van der Waals surface area contributed by atoms with Gasteiger partial charge >= 0.3 is 5.97 Å². The molecule has 0 spiro atoms. The van der Waals surface area contributed by atoms with Crippen LogP contribution in [-0.4, -0.2) is 63.2 Å². The molecule has 1 fully saturated rings. The van der Waals surface area contributed by atoms with Crippen LogP contribution >= 0.6 is 0 Å². The monoisotopic (exact) mass is 503 g/mol. The highest BCUT2D eigenvalue weighted by atomic mass is 32.2. The number of nitrogens with zero attached hydrogens (tertiary/aromatic N) is 2. The number of aromatic carboxylic acids is 1. The number of hydrogen-bond acceptors (Lipinski definition) is 6. The van der Waals surface area contributed by atoms with Crippen molar-refractivity contribution in [2.24, 2.45) is 0 Å². The van der Waals surface area contributed by atoms with Gasteiger partial charge in [0.2, 0.25) is 0 Å². The zero-order valence-corrected chi connectivity index (χ0v) is 20.6. The van der Waals surface area contributed by atoms with Crippen LogP contribution < -0.4 is 14.4 Å². The number of sulfonamides is 1. The summed E-state index contributed by atoms with van der Waals surface area (Å²) in [5, 5.41) is 9.94. The van der Waals surface area contributed by atoms with Crippen LogP contribution in [0.15, 0.2) is 41.3 Å². The van der Waals surface area contributed by atoms with Crippen molar-refractivity contribution in [3.05, 3.63) is 53.4 Å². The number of carboxylic acids is 1. The predicted octanol–water partition coefficient (Wildman–Crippen LogP) is 4.04. The number of rotatable bonds is 9. The van der Waals surface area contributed by atoms with E-state index >= 15 is 0 Å². The average molecular weight is 504 g/mol. The average Bonchev–Trinajstić information content (AvgIpc) is 3.30. The Morgan fingerprint density at radius 3 is 2.77 bits per heavy atom. The molecule has 4 rings (SSSR count). The number of likely N-dealkylation sites (N-methyl/N-ethyl adjacent to an activating group) is 1. The Bertz CT molecular complexity index is 1240. The molecule has 0 saturated carbocycles. The van der Waals surface area contributed by atoms with Crippen LogP contribution in [0.4, 0.5) is 15.8 Å². The van der Waals surface area contributed by atoms with Crippen molar-refractivity contribution in [3.63, 3.8) is 0 Å². The lowest BCUT2D eigenvalue weighted by atomic mass is 10.1. The number of benzene rings is 2. The molecular formula is C25H30FN3O5S. The third kappa shape index (κ3) is 5.13. The van der Waals surface area contributed by atoms with E-state index in [2.05, 4.69) is 14.5 Å². The zero-order valence-electron chi connectivity index (χ0n) is 19.8. The number of carboxylic acid groups (broad SMARTS) is 1. The van der Waals surface area contributed by atoms with E-state index in [9.17, 15) is 22.7 Å². The summed E-state index contributed by atoms with van der Waals surface area (Å²) in [5.41, 5.74) is 0.491. The summed E-state index contributed by atoms with van der Waals surface area (Å²) in [5.74, 6) is -1.70. The van der Waals surface area contributed by atoms with Crippen molar-refractivity contribution < 1.29 is 27.4 Å². The van der Waals surface area contributed by atoms with Gasteiger partial charge in [0, 0.05) is 13.1 Å². The van der Waals surface area contributed by atoms with E-state index in [1.807, 2.05) is 13.8 Å². The maximum absolute atomic E-state index is 14.0. The number of fused-ring (bicyclic) bond motifs is 3. The van der Waals surface area contributed by atoms with Crippen molar-refractivity contribution >= 4 is 33.4 Å². The molecule has 0 aliphatic carbocycles. The quantitative estimate of drug-likeness (QED) is 0.533. The smallest absolute Gasteiger partial charge is 0.341 e. The highest BCUT2D eigenvalue weighted by molar-refractivity contribution is 7.92. The van der Waals surface area contributed by atoms with Gasteiger partial charge in [0.15, 0.2) is 5.75 Å². The molecule has 2 N–H and O–H groups in total. The van der Waals surface area contributed by atoms with E-state index in [-0.39, 0.29) is 33.5 Å². The first-order valence-electron chi connectivity index (χ1n) is 11.8. The molecule has 188 valence electrons. The first kappa shape index (κ1) is 25.0. The number of halogens is 1. The fourth-order valence-corrected chi connectivity index (χ4v) is 5.91. The Morgan fingerprint density at radius 1 is 1.29 bits per heavy atom. The molecule has 2 aromatic rings. The van der Waals surface area contributed by atoms with E-state index in [0.717, 1.165) is 44.6 Å². The molecule has 0 bridgehead atoms. The van der Waals surface area contributed by atoms with Crippen LogP contribution in [0.1, 0.15) is 42.6 Å². The van der Waals surface area contributed by atoms with Gasteiger partial charge in [-0.1, -0.05) is 26.0 Å². The number of carbonyl (C=O) groups is 1. The summed E-state index contributed by atoms with van der Waals surface area (Å²) in [6.45, 7) is 7.42. The molecule has 0 aromatic heterocycles. The Morgan fingerprint density at radius 2 is 2.06 bits per heavy atom. The first-order chi connectivity index (χ1) is 16.7. The minimum Gasteiger partial charge on any atom is -0.488 e. The molecular weight excluding hydrogens is 473 g/mol. The second-order valence-electron chi connectivity index (χ2n) is 8.62. The molecule has 2 aromatic carbocycles. The van der Waals surface area contributed by atoms with Gasteiger partial charge in [-0.3, -0.25) is 4.72 Å². The first-order valence-corrected chi connectivity index (χ1v) is 13.2. The number of ether oxygens (including phenoxy) is 1. The van der Waals surface area contributed by atoms with Crippen molar-refractivity contribution in [1.82, 2.24) is 4.90 Å². The minimum absolute atomic E-state index is 0.101. The van der Waals surface area contributed by atoms with Crippen LogP contribution in [0.5, 0.6) is 5.75 Å². The van der Waals surface area contributed by atoms with Crippen molar-refractivity contribution in [3.8, 4) is 5.75 Å². The lowest BCUT2D eigenvalue weighted by Crippen LogP contribution is -2.38. The van der Waals surface area contributed by atoms with Gasteiger partial charge in [-0.25, -0.2) is 17.6 Å². The summed E-state index contributed by atoms with van der Waals surface area (Å²) in [4.78, 5) is 16.3. The Labute approximate surface area is 205 Å². The molecule has 0 amide bonds. The molecule has 1 unspecified atom stereocenters. The maximum atomic E-state index is 14.0. The Hall–Kier alpha value is -3.11.